The zero-order valence-electron chi connectivity index (χ0n) is 4.78. The fourth-order valence-corrected chi connectivity index (χ4v) is 0.555. The average molecular weight is 162 g/mol. The van der Waals surface area contributed by atoms with E-state index in [2.05, 4.69) is 4.74 Å². The maximum atomic E-state index is 9.75. The maximum absolute atomic E-state index is 9.75. The van der Waals surface area contributed by atoms with Crippen molar-refractivity contribution >= 4 is 57.9 Å². The zero-order chi connectivity index (χ0) is 6.53. The van der Waals surface area contributed by atoms with Crippen molar-refractivity contribution in [2.24, 2.45) is 0 Å². The van der Waals surface area contributed by atoms with Crippen molar-refractivity contribution in [1.82, 2.24) is 0 Å². The average Bonchev–Trinajstić information content (AvgIpc) is 1.91. The second-order valence-corrected chi connectivity index (χ2v) is 1.53. The Hall–Kier alpha value is 0.326. The van der Waals surface area contributed by atoms with Crippen LogP contribution in [0.3, 0.4) is 0 Å². The summed E-state index contributed by atoms with van der Waals surface area (Å²) in [5, 5.41) is 0. The molecule has 0 saturated carbocycles. The van der Waals surface area contributed by atoms with Gasteiger partial charge in [-0.2, -0.15) is 0 Å². The van der Waals surface area contributed by atoms with Gasteiger partial charge in [0.2, 0.25) is 0 Å². The van der Waals surface area contributed by atoms with Crippen LogP contribution in [0.25, 0.3) is 0 Å². The van der Waals surface area contributed by atoms with E-state index in [1.54, 1.807) is 24.3 Å². The Kier molecular flexibility index (Phi) is 6.26. The minimum absolute atomic E-state index is 0. The number of carbonyl (C=O) groups is 1. The van der Waals surface area contributed by atoms with E-state index in [1.165, 1.54) is 0 Å². The van der Waals surface area contributed by atoms with E-state index in [1.807, 2.05) is 6.07 Å². The summed E-state index contributed by atoms with van der Waals surface area (Å²) >= 11 is 0. The van der Waals surface area contributed by atoms with Crippen LogP contribution in [0.4, 0.5) is 0 Å². The Morgan fingerprint density at radius 2 is 1.80 bits per heavy atom. The number of ether oxygens (including phenoxy) is 1. The monoisotopic (exact) mass is 162 g/mol. The normalized spacial score (nSPS) is 7.60. The number of hydrogen-bond acceptors (Lipinski definition) is 2. The van der Waals surface area contributed by atoms with Gasteiger partial charge >= 0.3 is 51.4 Å². The Morgan fingerprint density at radius 3 is 2.30 bits per heavy atom. The van der Waals surface area contributed by atoms with E-state index in [-0.39, 0.29) is 51.4 Å². The van der Waals surface area contributed by atoms with Crippen LogP contribution in [-0.2, 0) is 4.79 Å². The third kappa shape index (κ3) is 3.48. The molecule has 0 aliphatic heterocycles. The van der Waals surface area contributed by atoms with Gasteiger partial charge in [-0.05, 0) is 12.1 Å². The van der Waals surface area contributed by atoms with Gasteiger partial charge in [-0.1, -0.05) is 18.2 Å². The van der Waals surface area contributed by atoms with Gasteiger partial charge in [0.25, 0.3) is 6.47 Å². The van der Waals surface area contributed by atoms with Crippen LogP contribution in [0.2, 0.25) is 0 Å². The second kappa shape index (κ2) is 6.06. The predicted octanol–water partition coefficient (Wildman–Crippen LogP) is 0.573. The summed E-state index contributed by atoms with van der Waals surface area (Å²) < 4.78 is 4.53. The van der Waals surface area contributed by atoms with Crippen molar-refractivity contribution in [1.29, 1.82) is 0 Å². The first-order valence-electron chi connectivity index (χ1n) is 2.59. The fourth-order valence-electron chi connectivity index (χ4n) is 0.555. The molecular formula is C7H7KO2. The summed E-state index contributed by atoms with van der Waals surface area (Å²) in [6, 6.07) is 8.90. The number of hydrogen-bond donors (Lipinski definition) is 0. The van der Waals surface area contributed by atoms with Crippen molar-refractivity contribution in [3.05, 3.63) is 30.3 Å². The molecule has 0 aliphatic rings. The van der Waals surface area contributed by atoms with Gasteiger partial charge in [-0.3, -0.25) is 4.79 Å². The van der Waals surface area contributed by atoms with E-state index in [0.29, 0.717) is 12.2 Å². The first kappa shape index (κ1) is 10.3. The summed E-state index contributed by atoms with van der Waals surface area (Å²) in [7, 11) is 0. The zero-order valence-corrected chi connectivity index (χ0v) is 4.78. The summed E-state index contributed by atoms with van der Waals surface area (Å²) in [6.07, 6.45) is 0. The minimum atomic E-state index is 0. The summed E-state index contributed by atoms with van der Waals surface area (Å²) in [6.45, 7) is 0.412. The van der Waals surface area contributed by atoms with Crippen LogP contribution in [-0.4, -0.2) is 57.9 Å². The molecule has 0 unspecified atom stereocenters. The van der Waals surface area contributed by atoms with E-state index < -0.39 is 0 Å². The van der Waals surface area contributed by atoms with Gasteiger partial charge in [0.15, 0.2) is 0 Å². The van der Waals surface area contributed by atoms with E-state index in [4.69, 9.17) is 0 Å². The molecule has 0 heterocycles. The molecule has 0 aliphatic carbocycles. The van der Waals surface area contributed by atoms with E-state index in [0.717, 1.165) is 0 Å². The third-order valence-electron chi connectivity index (χ3n) is 0.927. The molecule has 0 atom stereocenters. The molecule has 1 rings (SSSR count). The third-order valence-corrected chi connectivity index (χ3v) is 0.927. The molecule has 0 aromatic heterocycles. The Labute approximate surface area is 102 Å². The molecule has 0 spiro atoms. The van der Waals surface area contributed by atoms with E-state index >= 15 is 0 Å². The standard InChI is InChI=1S/C7H6O2.K.H/c8-6-9-7-4-2-1-3-5-7;;/h1-6H;;. The van der Waals surface area contributed by atoms with Crippen molar-refractivity contribution in [2.75, 3.05) is 0 Å². The predicted molar refractivity (Wildman–Crippen MR) is 40.3 cm³/mol. The summed E-state index contributed by atoms with van der Waals surface area (Å²) in [5.74, 6) is 0.576. The molecule has 0 amide bonds. The van der Waals surface area contributed by atoms with Crippen LogP contribution in [0.5, 0.6) is 5.75 Å². The Morgan fingerprint density at radius 1 is 1.20 bits per heavy atom. The number of para-hydroxylation sites is 1. The fraction of sp³-hybridized carbons (Fsp3) is 0. The molecule has 0 bridgehead atoms. The van der Waals surface area contributed by atoms with Gasteiger partial charge in [0, 0.05) is 0 Å². The first-order chi connectivity index (χ1) is 4.43. The summed E-state index contributed by atoms with van der Waals surface area (Å²) in [4.78, 5) is 9.75. The number of rotatable bonds is 2. The molecular weight excluding hydrogens is 155 g/mol. The topological polar surface area (TPSA) is 26.3 Å². The van der Waals surface area contributed by atoms with Crippen LogP contribution in [0, 0.1) is 0 Å². The molecule has 3 heteroatoms. The quantitative estimate of drug-likeness (QED) is 0.469. The van der Waals surface area contributed by atoms with Crippen molar-refractivity contribution in [3.8, 4) is 5.75 Å². The first-order valence-corrected chi connectivity index (χ1v) is 2.59. The molecule has 1 aromatic rings. The summed E-state index contributed by atoms with van der Waals surface area (Å²) in [5.41, 5.74) is 0. The molecule has 0 radical (unpaired) electrons. The molecule has 0 N–H and O–H groups in total. The SMILES string of the molecule is O=COc1ccccc1.[KH]. The van der Waals surface area contributed by atoms with Crippen molar-refractivity contribution in [3.63, 3.8) is 0 Å². The molecule has 0 saturated heterocycles. The van der Waals surface area contributed by atoms with Gasteiger partial charge < -0.3 is 4.74 Å². The Balaban J connectivity index is 0.000000810. The molecule has 0 fully saturated rings. The van der Waals surface area contributed by atoms with Crippen LogP contribution < -0.4 is 4.74 Å². The van der Waals surface area contributed by atoms with Gasteiger partial charge in [-0.25, -0.2) is 0 Å². The van der Waals surface area contributed by atoms with Gasteiger partial charge in [-0.15, -0.1) is 0 Å². The Bertz CT molecular complexity index is 186. The van der Waals surface area contributed by atoms with Gasteiger partial charge in [0.1, 0.15) is 5.75 Å². The molecule has 2 nitrogen and oxygen atoms in total. The van der Waals surface area contributed by atoms with Crippen molar-refractivity contribution < 1.29 is 9.53 Å². The molecule has 48 valence electrons. The van der Waals surface area contributed by atoms with Gasteiger partial charge in [0.05, 0.1) is 0 Å². The van der Waals surface area contributed by atoms with E-state index in [9.17, 15) is 4.79 Å². The molecule has 10 heavy (non-hydrogen) atoms. The van der Waals surface area contributed by atoms with Crippen molar-refractivity contribution in [2.45, 2.75) is 0 Å². The number of benzene rings is 1. The van der Waals surface area contributed by atoms with Crippen LogP contribution >= 0.6 is 0 Å². The second-order valence-electron chi connectivity index (χ2n) is 1.53. The molecule has 1 aromatic carbocycles. The number of carbonyl (C=O) groups excluding carboxylic acids is 1. The van der Waals surface area contributed by atoms with Crippen LogP contribution in [0.15, 0.2) is 30.3 Å². The van der Waals surface area contributed by atoms with Crippen LogP contribution in [0.1, 0.15) is 0 Å².